The van der Waals surface area contributed by atoms with Crippen molar-refractivity contribution in [3.8, 4) is 0 Å². The summed E-state index contributed by atoms with van der Waals surface area (Å²) in [4.78, 5) is 25.2. The largest absolute Gasteiger partial charge is 0.322 e. The average molecular weight is 340 g/mol. The van der Waals surface area contributed by atoms with Gasteiger partial charge in [0.1, 0.15) is 5.52 Å². The first-order chi connectivity index (χ1) is 12.8. The number of nitrogens with zero attached hydrogens (tertiary/aromatic N) is 3. The van der Waals surface area contributed by atoms with Gasteiger partial charge in [-0.1, -0.05) is 18.2 Å². The summed E-state index contributed by atoms with van der Waals surface area (Å²) < 4.78 is 0. The molecule has 0 atom stereocenters. The minimum Gasteiger partial charge on any atom is -0.322 e. The second-order valence-electron chi connectivity index (χ2n) is 5.91. The lowest BCUT2D eigenvalue weighted by atomic mass is 10.1. The average Bonchev–Trinajstić information content (AvgIpc) is 2.70. The van der Waals surface area contributed by atoms with E-state index in [1.807, 2.05) is 48.5 Å². The molecule has 0 radical (unpaired) electrons. The summed E-state index contributed by atoms with van der Waals surface area (Å²) in [5.41, 5.74) is 4.93. The third-order valence-electron chi connectivity index (χ3n) is 4.11. The summed E-state index contributed by atoms with van der Waals surface area (Å²) in [5, 5.41) is 2.92. The molecule has 126 valence electrons. The molecule has 0 saturated heterocycles. The smallest absolute Gasteiger partial charge is 0.257 e. The van der Waals surface area contributed by atoms with E-state index in [1.165, 1.54) is 11.1 Å². The highest BCUT2D eigenvalue weighted by atomic mass is 16.1. The van der Waals surface area contributed by atoms with Crippen LogP contribution in [0.1, 0.15) is 21.5 Å². The lowest BCUT2D eigenvalue weighted by Crippen LogP contribution is -2.13. The number of carbonyl (C=O) groups is 1. The van der Waals surface area contributed by atoms with Crippen molar-refractivity contribution in [2.24, 2.45) is 0 Å². The summed E-state index contributed by atoms with van der Waals surface area (Å²) in [6.07, 6.45) is 7.61. The van der Waals surface area contributed by atoms with Crippen LogP contribution in [0.2, 0.25) is 0 Å². The maximum atomic E-state index is 12.6. The standard InChI is InChI=1S/C21H16N4O/c26-21(18-2-1-3-19-20(18)24-13-12-23-19)25-17-6-4-15(5-7-17)14-16-8-10-22-11-9-16/h1-13H,14H2,(H,25,26). The van der Waals surface area contributed by atoms with Crippen molar-refractivity contribution in [2.45, 2.75) is 6.42 Å². The molecular formula is C21H16N4O. The molecule has 0 spiro atoms. The molecule has 2 heterocycles. The highest BCUT2D eigenvalue weighted by Crippen LogP contribution is 2.17. The normalized spacial score (nSPS) is 10.6. The Labute approximate surface area is 150 Å². The summed E-state index contributed by atoms with van der Waals surface area (Å²) >= 11 is 0. The molecule has 4 rings (SSSR count). The van der Waals surface area contributed by atoms with E-state index in [1.54, 1.807) is 30.9 Å². The highest BCUT2D eigenvalue weighted by molar-refractivity contribution is 6.11. The van der Waals surface area contributed by atoms with Crippen molar-refractivity contribution in [3.05, 3.63) is 96.1 Å². The van der Waals surface area contributed by atoms with E-state index in [4.69, 9.17) is 0 Å². The van der Waals surface area contributed by atoms with Gasteiger partial charge >= 0.3 is 0 Å². The first-order valence-corrected chi connectivity index (χ1v) is 8.28. The number of aromatic nitrogens is 3. The highest BCUT2D eigenvalue weighted by Gasteiger charge is 2.11. The summed E-state index contributed by atoms with van der Waals surface area (Å²) in [7, 11) is 0. The quantitative estimate of drug-likeness (QED) is 0.612. The van der Waals surface area contributed by atoms with Gasteiger partial charge in [0.15, 0.2) is 0 Å². The maximum Gasteiger partial charge on any atom is 0.257 e. The number of rotatable bonds is 4. The molecule has 0 aliphatic rings. The van der Waals surface area contributed by atoms with Crippen LogP contribution in [0.3, 0.4) is 0 Å². The number of benzene rings is 2. The zero-order chi connectivity index (χ0) is 17.8. The molecule has 0 bridgehead atoms. The molecule has 0 aliphatic carbocycles. The van der Waals surface area contributed by atoms with Gasteiger partial charge in [-0.25, -0.2) is 0 Å². The van der Waals surface area contributed by atoms with Gasteiger partial charge in [0.25, 0.3) is 5.91 Å². The SMILES string of the molecule is O=C(Nc1ccc(Cc2ccncc2)cc1)c1cccc2nccnc12. The van der Waals surface area contributed by atoms with Gasteiger partial charge in [-0.3, -0.25) is 19.7 Å². The molecule has 5 nitrogen and oxygen atoms in total. The van der Waals surface area contributed by atoms with E-state index in [0.717, 1.165) is 12.1 Å². The molecule has 2 aromatic carbocycles. The van der Waals surface area contributed by atoms with Gasteiger partial charge < -0.3 is 5.32 Å². The first kappa shape index (κ1) is 15.9. The van der Waals surface area contributed by atoms with Gasteiger partial charge in [0, 0.05) is 30.5 Å². The van der Waals surface area contributed by atoms with Gasteiger partial charge in [0.05, 0.1) is 11.1 Å². The van der Waals surface area contributed by atoms with Gasteiger partial charge in [0.2, 0.25) is 0 Å². The van der Waals surface area contributed by atoms with E-state index in [9.17, 15) is 4.79 Å². The molecule has 0 saturated carbocycles. The monoisotopic (exact) mass is 340 g/mol. The van der Waals surface area contributed by atoms with E-state index in [2.05, 4.69) is 20.3 Å². The molecule has 1 amide bonds. The van der Waals surface area contributed by atoms with Crippen LogP contribution in [-0.4, -0.2) is 20.9 Å². The Kier molecular flexibility index (Phi) is 4.35. The maximum absolute atomic E-state index is 12.6. The Morgan fingerprint density at radius 1 is 0.808 bits per heavy atom. The number of nitrogens with one attached hydrogen (secondary N) is 1. The van der Waals surface area contributed by atoms with Gasteiger partial charge in [-0.15, -0.1) is 0 Å². The minimum atomic E-state index is -0.196. The van der Waals surface area contributed by atoms with Crippen molar-refractivity contribution in [1.29, 1.82) is 0 Å². The summed E-state index contributed by atoms with van der Waals surface area (Å²) in [5.74, 6) is -0.196. The number of hydrogen-bond donors (Lipinski definition) is 1. The molecule has 0 fully saturated rings. The number of carbonyl (C=O) groups excluding carboxylic acids is 1. The van der Waals surface area contributed by atoms with Crippen LogP contribution in [-0.2, 0) is 6.42 Å². The fourth-order valence-electron chi connectivity index (χ4n) is 2.82. The Morgan fingerprint density at radius 2 is 1.54 bits per heavy atom. The third-order valence-corrected chi connectivity index (χ3v) is 4.11. The first-order valence-electron chi connectivity index (χ1n) is 8.28. The summed E-state index contributed by atoms with van der Waals surface area (Å²) in [6, 6.07) is 17.2. The Bertz CT molecular complexity index is 1040. The zero-order valence-electron chi connectivity index (χ0n) is 14.0. The lowest BCUT2D eigenvalue weighted by molar-refractivity contribution is 0.102. The van der Waals surface area contributed by atoms with E-state index in [-0.39, 0.29) is 5.91 Å². The van der Waals surface area contributed by atoms with Crippen LogP contribution in [0.4, 0.5) is 5.69 Å². The second kappa shape index (κ2) is 7.11. The summed E-state index contributed by atoms with van der Waals surface area (Å²) in [6.45, 7) is 0. The minimum absolute atomic E-state index is 0.196. The van der Waals surface area contributed by atoms with Crippen molar-refractivity contribution >= 4 is 22.6 Å². The molecule has 4 aromatic rings. The fourth-order valence-corrected chi connectivity index (χ4v) is 2.82. The molecule has 0 unspecified atom stereocenters. The number of fused-ring (bicyclic) bond motifs is 1. The molecule has 5 heteroatoms. The number of pyridine rings is 1. The van der Waals surface area contributed by atoms with Gasteiger partial charge in [-0.05, 0) is 53.9 Å². The Balaban J connectivity index is 1.51. The van der Waals surface area contributed by atoms with Crippen LogP contribution in [0.15, 0.2) is 79.4 Å². The van der Waals surface area contributed by atoms with Crippen LogP contribution in [0, 0.1) is 0 Å². The molecular weight excluding hydrogens is 324 g/mol. The molecule has 26 heavy (non-hydrogen) atoms. The number of anilines is 1. The predicted octanol–water partition coefficient (Wildman–Crippen LogP) is 3.87. The van der Waals surface area contributed by atoms with Crippen LogP contribution in [0.5, 0.6) is 0 Å². The molecule has 1 N–H and O–H groups in total. The lowest BCUT2D eigenvalue weighted by Gasteiger charge is -2.08. The van der Waals surface area contributed by atoms with E-state index < -0.39 is 0 Å². The van der Waals surface area contributed by atoms with Crippen LogP contribution < -0.4 is 5.32 Å². The molecule has 2 aromatic heterocycles. The number of para-hydroxylation sites is 1. The van der Waals surface area contributed by atoms with E-state index in [0.29, 0.717) is 16.6 Å². The topological polar surface area (TPSA) is 67.8 Å². The van der Waals surface area contributed by atoms with E-state index >= 15 is 0 Å². The number of hydrogen-bond acceptors (Lipinski definition) is 4. The Hall–Kier alpha value is -3.60. The number of amides is 1. The second-order valence-corrected chi connectivity index (χ2v) is 5.91. The Morgan fingerprint density at radius 3 is 2.35 bits per heavy atom. The zero-order valence-corrected chi connectivity index (χ0v) is 14.0. The third kappa shape index (κ3) is 3.42. The predicted molar refractivity (Wildman–Crippen MR) is 101 cm³/mol. The molecule has 0 aliphatic heterocycles. The van der Waals surface area contributed by atoms with Crippen LogP contribution in [0.25, 0.3) is 11.0 Å². The van der Waals surface area contributed by atoms with Crippen molar-refractivity contribution < 1.29 is 4.79 Å². The van der Waals surface area contributed by atoms with Crippen molar-refractivity contribution in [1.82, 2.24) is 15.0 Å². The van der Waals surface area contributed by atoms with Gasteiger partial charge in [-0.2, -0.15) is 0 Å². The van der Waals surface area contributed by atoms with Crippen molar-refractivity contribution in [3.63, 3.8) is 0 Å². The van der Waals surface area contributed by atoms with Crippen molar-refractivity contribution in [2.75, 3.05) is 5.32 Å². The fraction of sp³-hybridized carbons (Fsp3) is 0.0476. The van der Waals surface area contributed by atoms with Crippen LogP contribution >= 0.6 is 0 Å².